The summed E-state index contributed by atoms with van der Waals surface area (Å²) < 4.78 is 10.6. The molecule has 0 aromatic heterocycles. The second-order valence-electron chi connectivity index (χ2n) is 5.26. The van der Waals surface area contributed by atoms with Gasteiger partial charge in [0.1, 0.15) is 5.75 Å². The Hall–Kier alpha value is -2.57. The van der Waals surface area contributed by atoms with Gasteiger partial charge in [-0.05, 0) is 36.2 Å². The Bertz CT molecular complexity index is 737. The highest BCUT2D eigenvalue weighted by molar-refractivity contribution is 6.30. The van der Waals surface area contributed by atoms with Crippen LogP contribution in [0.15, 0.2) is 48.5 Å². The van der Waals surface area contributed by atoms with Crippen LogP contribution in [0.25, 0.3) is 0 Å². The Morgan fingerprint density at radius 3 is 2.48 bits per heavy atom. The van der Waals surface area contributed by atoms with Gasteiger partial charge in [0.15, 0.2) is 12.7 Å². The molecule has 0 bridgehead atoms. The largest absolute Gasteiger partial charge is 0.483 e. The summed E-state index contributed by atoms with van der Waals surface area (Å²) in [6, 6.07) is 14.1. The van der Waals surface area contributed by atoms with Gasteiger partial charge in [-0.15, -0.1) is 0 Å². The Kier molecular flexibility index (Phi) is 6.80. The number of hydrazine groups is 1. The van der Waals surface area contributed by atoms with Crippen molar-refractivity contribution in [1.29, 1.82) is 0 Å². The highest BCUT2D eigenvalue weighted by atomic mass is 35.5. The SMILES string of the molecule is CO[C@H](C(=O)NNC(=O)COc1ccc(Cl)cc1C)c1ccccc1. The molecule has 2 rings (SSSR count). The van der Waals surface area contributed by atoms with E-state index in [1.807, 2.05) is 13.0 Å². The van der Waals surface area contributed by atoms with Crippen molar-refractivity contribution in [3.8, 4) is 5.75 Å². The fraction of sp³-hybridized carbons (Fsp3) is 0.222. The van der Waals surface area contributed by atoms with E-state index in [4.69, 9.17) is 21.1 Å². The van der Waals surface area contributed by atoms with Crippen molar-refractivity contribution in [2.45, 2.75) is 13.0 Å². The van der Waals surface area contributed by atoms with E-state index in [0.29, 0.717) is 16.3 Å². The molecule has 2 aromatic carbocycles. The molecule has 0 aliphatic heterocycles. The van der Waals surface area contributed by atoms with Crippen molar-refractivity contribution >= 4 is 23.4 Å². The molecule has 0 radical (unpaired) electrons. The van der Waals surface area contributed by atoms with Gasteiger partial charge in [-0.25, -0.2) is 0 Å². The Balaban J connectivity index is 1.83. The first-order valence-electron chi connectivity index (χ1n) is 7.56. The average Bonchev–Trinajstić information content (AvgIpc) is 2.61. The fourth-order valence-corrected chi connectivity index (χ4v) is 2.40. The van der Waals surface area contributed by atoms with Crippen LogP contribution in [-0.4, -0.2) is 25.5 Å². The van der Waals surface area contributed by atoms with E-state index < -0.39 is 17.9 Å². The van der Waals surface area contributed by atoms with Crippen LogP contribution in [0.2, 0.25) is 5.02 Å². The first-order chi connectivity index (χ1) is 12.0. The lowest BCUT2D eigenvalue weighted by molar-refractivity contribution is -0.136. The van der Waals surface area contributed by atoms with Gasteiger partial charge in [0.2, 0.25) is 0 Å². The number of ether oxygens (including phenoxy) is 2. The average molecular weight is 363 g/mol. The minimum Gasteiger partial charge on any atom is -0.483 e. The molecule has 0 spiro atoms. The molecule has 25 heavy (non-hydrogen) atoms. The quantitative estimate of drug-likeness (QED) is 0.774. The van der Waals surface area contributed by atoms with E-state index in [1.165, 1.54) is 7.11 Å². The van der Waals surface area contributed by atoms with Crippen molar-refractivity contribution in [3.05, 3.63) is 64.7 Å². The minimum atomic E-state index is -0.819. The molecule has 0 aliphatic carbocycles. The van der Waals surface area contributed by atoms with Gasteiger partial charge in [0.05, 0.1) is 0 Å². The zero-order chi connectivity index (χ0) is 18.2. The highest BCUT2D eigenvalue weighted by Gasteiger charge is 2.20. The molecule has 0 heterocycles. The number of aryl methyl sites for hydroxylation is 1. The van der Waals surface area contributed by atoms with Crippen molar-refractivity contribution in [2.75, 3.05) is 13.7 Å². The summed E-state index contributed by atoms with van der Waals surface area (Å²) in [4.78, 5) is 24.0. The van der Waals surface area contributed by atoms with Crippen LogP contribution < -0.4 is 15.6 Å². The van der Waals surface area contributed by atoms with Crippen LogP contribution in [0.5, 0.6) is 5.75 Å². The van der Waals surface area contributed by atoms with Crippen molar-refractivity contribution in [2.24, 2.45) is 0 Å². The van der Waals surface area contributed by atoms with Crippen molar-refractivity contribution in [3.63, 3.8) is 0 Å². The van der Waals surface area contributed by atoms with Gasteiger partial charge in [-0.3, -0.25) is 20.4 Å². The molecule has 132 valence electrons. The number of carbonyl (C=O) groups excluding carboxylic acids is 2. The topological polar surface area (TPSA) is 76.7 Å². The molecule has 0 aliphatic rings. The number of benzene rings is 2. The molecule has 0 fully saturated rings. The summed E-state index contributed by atoms with van der Waals surface area (Å²) in [5.74, 6) is -0.430. The lowest BCUT2D eigenvalue weighted by atomic mass is 10.1. The third-order valence-corrected chi connectivity index (χ3v) is 3.63. The molecule has 0 saturated carbocycles. The lowest BCUT2D eigenvalue weighted by Gasteiger charge is -2.16. The smallest absolute Gasteiger partial charge is 0.276 e. The molecule has 0 unspecified atom stereocenters. The number of halogens is 1. The summed E-state index contributed by atoms with van der Waals surface area (Å²) in [7, 11) is 1.42. The molecule has 2 aromatic rings. The Morgan fingerprint density at radius 1 is 1.12 bits per heavy atom. The Labute approximate surface area is 151 Å². The molecule has 7 heteroatoms. The Morgan fingerprint density at radius 2 is 1.84 bits per heavy atom. The van der Waals surface area contributed by atoms with Crippen LogP contribution in [0.3, 0.4) is 0 Å². The number of amides is 2. The summed E-state index contributed by atoms with van der Waals surface area (Å²) in [6.45, 7) is 1.58. The van der Waals surface area contributed by atoms with Crippen LogP contribution in [0, 0.1) is 6.92 Å². The van der Waals surface area contributed by atoms with E-state index in [-0.39, 0.29) is 6.61 Å². The number of carbonyl (C=O) groups is 2. The maximum atomic E-state index is 12.1. The van der Waals surface area contributed by atoms with Crippen molar-refractivity contribution < 1.29 is 19.1 Å². The maximum Gasteiger partial charge on any atom is 0.276 e. The predicted octanol–water partition coefficient (Wildman–Crippen LogP) is 2.56. The van der Waals surface area contributed by atoms with Gasteiger partial charge < -0.3 is 9.47 Å². The summed E-state index contributed by atoms with van der Waals surface area (Å²) in [5, 5.41) is 0.591. The number of hydrogen-bond acceptors (Lipinski definition) is 4. The van der Waals surface area contributed by atoms with E-state index in [9.17, 15) is 9.59 Å². The second-order valence-corrected chi connectivity index (χ2v) is 5.70. The third kappa shape index (κ3) is 5.48. The zero-order valence-electron chi connectivity index (χ0n) is 13.9. The molecule has 2 N–H and O–H groups in total. The first-order valence-corrected chi connectivity index (χ1v) is 7.94. The zero-order valence-corrected chi connectivity index (χ0v) is 14.7. The number of hydrogen-bond donors (Lipinski definition) is 2. The van der Waals surface area contributed by atoms with E-state index in [2.05, 4.69) is 10.9 Å². The molecular weight excluding hydrogens is 344 g/mol. The van der Waals surface area contributed by atoms with Crippen molar-refractivity contribution in [1.82, 2.24) is 10.9 Å². The molecule has 0 saturated heterocycles. The van der Waals surface area contributed by atoms with Crippen LogP contribution >= 0.6 is 11.6 Å². The van der Waals surface area contributed by atoms with Gasteiger partial charge in [-0.1, -0.05) is 41.9 Å². The summed E-state index contributed by atoms with van der Waals surface area (Å²) >= 11 is 5.86. The second kappa shape index (κ2) is 9.05. The van der Waals surface area contributed by atoms with Gasteiger partial charge >= 0.3 is 0 Å². The summed E-state index contributed by atoms with van der Waals surface area (Å²) in [5.41, 5.74) is 6.12. The summed E-state index contributed by atoms with van der Waals surface area (Å²) in [6.07, 6.45) is -0.819. The van der Waals surface area contributed by atoms with E-state index in [1.54, 1.807) is 42.5 Å². The third-order valence-electron chi connectivity index (χ3n) is 3.40. The van der Waals surface area contributed by atoms with Gasteiger partial charge in [-0.2, -0.15) is 0 Å². The number of methoxy groups -OCH3 is 1. The minimum absolute atomic E-state index is 0.244. The van der Waals surface area contributed by atoms with Gasteiger partial charge in [0, 0.05) is 12.1 Å². The van der Waals surface area contributed by atoms with Crippen LogP contribution in [0.1, 0.15) is 17.2 Å². The number of rotatable bonds is 6. The number of nitrogens with one attached hydrogen (secondary N) is 2. The molecular formula is C18H19ClN2O4. The molecule has 2 amide bonds. The van der Waals surface area contributed by atoms with Crippen LogP contribution in [0.4, 0.5) is 0 Å². The lowest BCUT2D eigenvalue weighted by Crippen LogP contribution is -2.46. The molecule has 6 nitrogen and oxygen atoms in total. The normalized spacial score (nSPS) is 11.5. The van der Waals surface area contributed by atoms with E-state index >= 15 is 0 Å². The van der Waals surface area contributed by atoms with Crippen LogP contribution in [-0.2, 0) is 14.3 Å². The molecule has 1 atom stereocenters. The first kappa shape index (κ1) is 18.8. The monoisotopic (exact) mass is 362 g/mol. The standard InChI is InChI=1S/C18H19ClN2O4/c1-12-10-14(19)8-9-15(12)25-11-16(22)20-21-18(23)17(24-2)13-6-4-3-5-7-13/h3-10,17H,11H2,1-2H3,(H,20,22)(H,21,23)/t17-/m0/s1. The maximum absolute atomic E-state index is 12.1. The van der Waals surface area contributed by atoms with E-state index in [0.717, 1.165) is 5.56 Å². The highest BCUT2D eigenvalue weighted by Crippen LogP contribution is 2.21. The fourth-order valence-electron chi connectivity index (χ4n) is 2.17. The predicted molar refractivity (Wildman–Crippen MR) is 94.2 cm³/mol. The van der Waals surface area contributed by atoms with Gasteiger partial charge in [0.25, 0.3) is 11.8 Å².